The number of rotatable bonds is 6. The second-order valence-corrected chi connectivity index (χ2v) is 8.52. The Morgan fingerprint density at radius 3 is 2.46 bits per heavy atom. The number of aromatic nitrogens is 1. The second kappa shape index (κ2) is 8.02. The van der Waals surface area contributed by atoms with Crippen molar-refractivity contribution in [1.82, 2.24) is 10.3 Å². The highest BCUT2D eigenvalue weighted by molar-refractivity contribution is 7.93. The molecule has 26 heavy (non-hydrogen) atoms. The number of esters is 1. The average molecular weight is 418 g/mol. The first kappa shape index (κ1) is 20.1. The number of hydrogen-bond donors (Lipinski definition) is 2. The van der Waals surface area contributed by atoms with E-state index in [9.17, 15) is 18.0 Å². The molecule has 0 fully saturated rings. The van der Waals surface area contributed by atoms with Gasteiger partial charge in [-0.3, -0.25) is 9.52 Å². The molecule has 0 aliphatic heterocycles. The summed E-state index contributed by atoms with van der Waals surface area (Å²) in [6.07, 6.45) is 0. The van der Waals surface area contributed by atoms with Gasteiger partial charge in [0.2, 0.25) is 0 Å². The van der Waals surface area contributed by atoms with E-state index in [-0.39, 0.29) is 15.7 Å². The van der Waals surface area contributed by atoms with Crippen molar-refractivity contribution in [2.45, 2.75) is 24.8 Å². The number of anilines is 1. The fourth-order valence-electron chi connectivity index (χ4n) is 1.94. The third-order valence-corrected chi connectivity index (χ3v) is 5.88. The summed E-state index contributed by atoms with van der Waals surface area (Å²) in [7, 11) is -2.66. The minimum absolute atomic E-state index is 0.0140. The van der Waals surface area contributed by atoms with Crippen LogP contribution in [0.2, 0.25) is 5.02 Å². The minimum atomic E-state index is -3.87. The molecule has 2 N–H and O–H groups in total. The van der Waals surface area contributed by atoms with Crippen LogP contribution in [-0.2, 0) is 19.6 Å². The quantitative estimate of drug-likeness (QED) is 0.696. The van der Waals surface area contributed by atoms with E-state index in [0.29, 0.717) is 9.90 Å². The SMILES string of the molecule is COC(=O)C(C)NC(=O)c1nc(NS(=O)(=O)c2ccc(Cl)cc2)sc1C. The van der Waals surface area contributed by atoms with Crippen molar-refractivity contribution in [3.63, 3.8) is 0 Å². The van der Waals surface area contributed by atoms with E-state index in [1.54, 1.807) is 6.92 Å². The molecule has 140 valence electrons. The molecule has 2 aromatic rings. The number of carbonyl (C=O) groups excluding carboxylic acids is 2. The molecule has 11 heteroatoms. The van der Waals surface area contributed by atoms with E-state index in [2.05, 4.69) is 19.8 Å². The van der Waals surface area contributed by atoms with Crippen LogP contribution in [0.25, 0.3) is 0 Å². The molecule has 1 aromatic carbocycles. The standard InChI is InChI=1S/C15H16ClN3O5S2/c1-8(14(21)24-3)17-13(20)12-9(2)25-15(18-12)19-26(22,23)11-6-4-10(16)5-7-11/h4-8H,1-3H3,(H,17,20)(H,18,19). The lowest BCUT2D eigenvalue weighted by atomic mass is 10.3. The number of nitrogens with zero attached hydrogens (tertiary/aromatic N) is 1. The normalized spacial score (nSPS) is 12.3. The van der Waals surface area contributed by atoms with Gasteiger partial charge in [0.25, 0.3) is 15.9 Å². The maximum atomic E-state index is 12.4. The van der Waals surface area contributed by atoms with E-state index >= 15 is 0 Å². The van der Waals surface area contributed by atoms with Crippen LogP contribution in [0.4, 0.5) is 5.13 Å². The molecule has 0 saturated heterocycles. The van der Waals surface area contributed by atoms with Crippen molar-refractivity contribution < 1.29 is 22.7 Å². The van der Waals surface area contributed by atoms with Crippen molar-refractivity contribution in [3.05, 3.63) is 39.9 Å². The van der Waals surface area contributed by atoms with Crippen LogP contribution in [0, 0.1) is 6.92 Å². The van der Waals surface area contributed by atoms with Gasteiger partial charge in [-0.1, -0.05) is 11.6 Å². The summed E-state index contributed by atoms with van der Waals surface area (Å²) in [6, 6.07) is 4.77. The van der Waals surface area contributed by atoms with Gasteiger partial charge in [0.05, 0.1) is 12.0 Å². The Bertz CT molecular complexity index is 925. The molecule has 0 aliphatic rings. The molecule has 0 bridgehead atoms. The zero-order valence-corrected chi connectivity index (χ0v) is 16.5. The Labute approximate surface area is 159 Å². The third kappa shape index (κ3) is 4.71. The molecule has 1 aromatic heterocycles. The van der Waals surface area contributed by atoms with E-state index in [1.807, 2.05) is 0 Å². The largest absolute Gasteiger partial charge is 0.467 e. The summed E-state index contributed by atoms with van der Waals surface area (Å²) >= 11 is 6.76. The van der Waals surface area contributed by atoms with Crippen LogP contribution < -0.4 is 10.0 Å². The number of amides is 1. The van der Waals surface area contributed by atoms with Crippen LogP contribution in [0.3, 0.4) is 0 Å². The van der Waals surface area contributed by atoms with Gasteiger partial charge >= 0.3 is 5.97 Å². The Morgan fingerprint density at radius 2 is 1.88 bits per heavy atom. The van der Waals surface area contributed by atoms with Gasteiger partial charge < -0.3 is 10.1 Å². The molecule has 0 aliphatic carbocycles. The first-order valence-electron chi connectivity index (χ1n) is 7.28. The second-order valence-electron chi connectivity index (χ2n) is 5.20. The highest BCUT2D eigenvalue weighted by atomic mass is 35.5. The molecular formula is C15H16ClN3O5S2. The number of carbonyl (C=O) groups is 2. The fourth-order valence-corrected chi connectivity index (χ4v) is 4.11. The van der Waals surface area contributed by atoms with E-state index in [4.69, 9.17) is 11.6 Å². The molecule has 1 unspecified atom stereocenters. The summed E-state index contributed by atoms with van der Waals surface area (Å²) in [5.41, 5.74) is 0.0274. The molecule has 1 heterocycles. The number of methoxy groups -OCH3 is 1. The number of ether oxygens (including phenoxy) is 1. The Balaban J connectivity index is 2.18. The number of aryl methyl sites for hydroxylation is 1. The highest BCUT2D eigenvalue weighted by Crippen LogP contribution is 2.25. The number of nitrogens with one attached hydrogen (secondary N) is 2. The third-order valence-electron chi connectivity index (χ3n) is 3.26. The van der Waals surface area contributed by atoms with Gasteiger partial charge in [0.15, 0.2) is 5.13 Å². The molecular weight excluding hydrogens is 402 g/mol. The molecule has 1 atom stereocenters. The fraction of sp³-hybridized carbons (Fsp3) is 0.267. The van der Waals surface area contributed by atoms with Gasteiger partial charge in [0.1, 0.15) is 11.7 Å². The maximum absolute atomic E-state index is 12.4. The number of benzene rings is 1. The smallest absolute Gasteiger partial charge is 0.328 e. The zero-order valence-electron chi connectivity index (χ0n) is 14.1. The number of sulfonamides is 1. The highest BCUT2D eigenvalue weighted by Gasteiger charge is 2.23. The Kier molecular flexibility index (Phi) is 6.21. The van der Waals surface area contributed by atoms with Gasteiger partial charge in [-0.15, -0.1) is 11.3 Å². The molecule has 0 radical (unpaired) electrons. The average Bonchev–Trinajstić information content (AvgIpc) is 2.94. The van der Waals surface area contributed by atoms with Crippen LogP contribution in [0.1, 0.15) is 22.3 Å². The Hall–Kier alpha value is -2.17. The van der Waals surface area contributed by atoms with Crippen molar-refractivity contribution in [2.75, 3.05) is 11.8 Å². The van der Waals surface area contributed by atoms with Crippen molar-refractivity contribution in [2.24, 2.45) is 0 Å². The summed E-state index contributed by atoms with van der Waals surface area (Å²) < 4.78 is 31.6. The van der Waals surface area contributed by atoms with E-state index in [1.165, 1.54) is 38.3 Å². The lowest BCUT2D eigenvalue weighted by molar-refractivity contribution is -0.142. The first-order chi connectivity index (χ1) is 12.1. The van der Waals surface area contributed by atoms with Crippen LogP contribution in [0.15, 0.2) is 29.2 Å². The van der Waals surface area contributed by atoms with Gasteiger partial charge in [-0.25, -0.2) is 18.2 Å². The zero-order chi connectivity index (χ0) is 19.5. The molecule has 0 spiro atoms. The maximum Gasteiger partial charge on any atom is 0.328 e. The minimum Gasteiger partial charge on any atom is -0.467 e. The van der Waals surface area contributed by atoms with Crippen molar-refractivity contribution in [1.29, 1.82) is 0 Å². The van der Waals surface area contributed by atoms with E-state index < -0.39 is 27.9 Å². The van der Waals surface area contributed by atoms with Gasteiger partial charge in [0, 0.05) is 9.90 Å². The molecule has 8 nitrogen and oxygen atoms in total. The summed E-state index contributed by atoms with van der Waals surface area (Å²) in [4.78, 5) is 28.1. The lowest BCUT2D eigenvalue weighted by Gasteiger charge is -2.10. The van der Waals surface area contributed by atoms with Crippen molar-refractivity contribution >= 4 is 50.0 Å². The van der Waals surface area contributed by atoms with Crippen LogP contribution in [0.5, 0.6) is 0 Å². The summed E-state index contributed by atoms with van der Waals surface area (Å²) in [5, 5.41) is 2.89. The summed E-state index contributed by atoms with van der Waals surface area (Å²) in [5.74, 6) is -1.21. The first-order valence-corrected chi connectivity index (χ1v) is 9.96. The predicted octanol–water partition coefficient (Wildman–Crippen LogP) is 2.20. The monoisotopic (exact) mass is 417 g/mol. The lowest BCUT2D eigenvalue weighted by Crippen LogP contribution is -2.39. The number of halogens is 1. The Morgan fingerprint density at radius 1 is 1.27 bits per heavy atom. The van der Waals surface area contributed by atoms with Crippen molar-refractivity contribution in [3.8, 4) is 0 Å². The molecule has 2 rings (SSSR count). The van der Waals surface area contributed by atoms with E-state index in [0.717, 1.165) is 11.3 Å². The summed E-state index contributed by atoms with van der Waals surface area (Å²) in [6.45, 7) is 3.09. The number of hydrogen-bond acceptors (Lipinski definition) is 7. The van der Waals surface area contributed by atoms with Gasteiger partial charge in [-0.2, -0.15) is 0 Å². The molecule has 0 saturated carbocycles. The molecule has 1 amide bonds. The van der Waals surface area contributed by atoms with Gasteiger partial charge in [-0.05, 0) is 38.1 Å². The number of thiazole rings is 1. The topological polar surface area (TPSA) is 114 Å². The predicted molar refractivity (Wildman–Crippen MR) is 98.1 cm³/mol. The van der Waals surface area contributed by atoms with Crippen LogP contribution in [-0.4, -0.2) is 38.4 Å². The van der Waals surface area contributed by atoms with Crippen LogP contribution >= 0.6 is 22.9 Å².